The van der Waals surface area contributed by atoms with Crippen LogP contribution in [0.25, 0.3) is 22.2 Å². The van der Waals surface area contributed by atoms with Gasteiger partial charge in [-0.1, -0.05) is 12.1 Å². The highest BCUT2D eigenvalue weighted by atomic mass is 79.9. The lowest BCUT2D eigenvalue weighted by atomic mass is 10.1. The molecule has 0 spiro atoms. The molecular weight excluding hydrogens is 597 g/mol. The number of hydrogen-bond donors (Lipinski definition) is 1. The highest BCUT2D eigenvalue weighted by Gasteiger charge is 2.11. The van der Waals surface area contributed by atoms with E-state index in [-0.39, 0.29) is 18.2 Å². The van der Waals surface area contributed by atoms with E-state index in [9.17, 15) is 12.8 Å². The van der Waals surface area contributed by atoms with Crippen molar-refractivity contribution in [2.45, 2.75) is 25.9 Å². The van der Waals surface area contributed by atoms with Gasteiger partial charge < -0.3 is 14.5 Å². The van der Waals surface area contributed by atoms with Gasteiger partial charge in [-0.3, -0.25) is 0 Å². The van der Waals surface area contributed by atoms with Crippen LogP contribution in [0.3, 0.4) is 0 Å². The zero-order chi connectivity index (χ0) is 28.1. The van der Waals surface area contributed by atoms with Gasteiger partial charge in [0.15, 0.2) is 0 Å². The summed E-state index contributed by atoms with van der Waals surface area (Å²) in [7, 11) is -2.95. The maximum atomic E-state index is 13.5. The fraction of sp³-hybridized carbons (Fsp3) is 0.200. The highest BCUT2D eigenvalue weighted by molar-refractivity contribution is 9.10. The number of furan rings is 1. The smallest absolute Gasteiger partial charge is 0.147 e. The first-order valence-electron chi connectivity index (χ1n) is 12.7. The molecule has 0 aliphatic heterocycles. The van der Waals surface area contributed by atoms with Gasteiger partial charge in [0.25, 0.3) is 0 Å². The van der Waals surface area contributed by atoms with Gasteiger partial charge >= 0.3 is 0 Å². The molecule has 0 bridgehead atoms. The third-order valence-corrected chi connectivity index (χ3v) is 7.90. The highest BCUT2D eigenvalue weighted by Crippen LogP contribution is 2.33. The molecule has 0 unspecified atom stereocenters. The summed E-state index contributed by atoms with van der Waals surface area (Å²) in [6, 6.07) is 21.6. The third-order valence-electron chi connectivity index (χ3n) is 6.25. The largest absolute Gasteiger partial charge is 0.488 e. The number of fused-ring (bicyclic) bond motifs is 1. The summed E-state index contributed by atoms with van der Waals surface area (Å²) in [6.45, 7) is 0.248. The van der Waals surface area contributed by atoms with Gasteiger partial charge in [-0.15, -0.1) is 0 Å². The number of aryl methyl sites for hydroxylation is 1. The van der Waals surface area contributed by atoms with Crippen LogP contribution in [0.4, 0.5) is 15.9 Å². The minimum atomic E-state index is -2.95. The molecule has 1 N–H and O–H groups in total. The quantitative estimate of drug-likeness (QED) is 0.152. The van der Waals surface area contributed by atoms with Gasteiger partial charge in [0.05, 0.1) is 9.99 Å². The molecule has 5 aromatic rings. The molecule has 0 amide bonds. The van der Waals surface area contributed by atoms with E-state index in [2.05, 4.69) is 31.2 Å². The van der Waals surface area contributed by atoms with Crippen molar-refractivity contribution in [1.29, 1.82) is 0 Å². The predicted octanol–water partition coefficient (Wildman–Crippen LogP) is 7.48. The Bertz CT molecular complexity index is 1760. The van der Waals surface area contributed by atoms with Crippen molar-refractivity contribution >= 4 is 48.2 Å². The SMILES string of the molecule is CS(=O)(=O)CCCCc1ccc(-c2ccc3ncnc(Nc4ccc(OCc5cccc(F)c5)c(Br)c4)c3c2)o1. The summed E-state index contributed by atoms with van der Waals surface area (Å²) >= 11 is 3.56. The number of nitrogens with one attached hydrogen (secondary N) is 1. The first-order chi connectivity index (χ1) is 19.2. The van der Waals surface area contributed by atoms with E-state index >= 15 is 0 Å². The summed E-state index contributed by atoms with van der Waals surface area (Å²) in [6.07, 6.45) is 4.79. The topological polar surface area (TPSA) is 94.3 Å². The number of unbranched alkanes of at least 4 members (excludes halogenated alkanes) is 1. The van der Waals surface area contributed by atoms with E-state index in [0.717, 1.165) is 50.1 Å². The third kappa shape index (κ3) is 7.25. The number of halogens is 2. The molecule has 10 heteroatoms. The normalized spacial score (nSPS) is 11.6. The average Bonchev–Trinajstić information content (AvgIpc) is 3.39. The lowest BCUT2D eigenvalue weighted by Gasteiger charge is -2.12. The summed E-state index contributed by atoms with van der Waals surface area (Å²) in [5.41, 5.74) is 3.20. The van der Waals surface area contributed by atoms with Crippen LogP contribution in [0.15, 0.2) is 88.0 Å². The van der Waals surface area contributed by atoms with Crippen molar-refractivity contribution in [2.75, 3.05) is 17.3 Å². The standard InChI is InChI=1S/C30H27BrFN3O4S/c1-40(36,37)14-3-2-7-24-10-13-28(39-24)21-8-11-27-25(16-21)30(34-19-33-27)35-23-9-12-29(26(31)17-23)38-18-20-5-4-6-22(32)15-20/h4-6,8-13,15-17,19H,2-3,7,14,18H2,1H3,(H,33,34,35). The molecule has 0 aliphatic rings. The van der Waals surface area contributed by atoms with Gasteiger partial charge in [-0.25, -0.2) is 22.8 Å². The molecule has 0 fully saturated rings. The first-order valence-corrected chi connectivity index (χ1v) is 15.5. The van der Waals surface area contributed by atoms with Crippen LogP contribution in [0, 0.1) is 5.82 Å². The fourth-order valence-corrected chi connectivity index (χ4v) is 5.48. The Balaban J connectivity index is 1.29. The van der Waals surface area contributed by atoms with Gasteiger partial charge in [0.2, 0.25) is 0 Å². The summed E-state index contributed by atoms with van der Waals surface area (Å²) in [5.74, 6) is 2.69. The van der Waals surface area contributed by atoms with Crippen LogP contribution >= 0.6 is 15.9 Å². The van der Waals surface area contributed by atoms with Gasteiger partial charge in [0, 0.05) is 35.1 Å². The van der Waals surface area contributed by atoms with E-state index in [1.165, 1.54) is 24.7 Å². The Morgan fingerprint density at radius 3 is 2.67 bits per heavy atom. The zero-order valence-electron chi connectivity index (χ0n) is 21.7. The van der Waals surface area contributed by atoms with Crippen LogP contribution in [-0.4, -0.2) is 30.4 Å². The molecule has 2 heterocycles. The molecule has 0 aliphatic carbocycles. The molecule has 3 aromatic carbocycles. The molecular formula is C30H27BrFN3O4S. The van der Waals surface area contributed by atoms with Crippen molar-refractivity contribution < 1.29 is 22.0 Å². The number of hydrogen-bond acceptors (Lipinski definition) is 7. The molecule has 2 aromatic heterocycles. The maximum absolute atomic E-state index is 13.5. The minimum Gasteiger partial charge on any atom is -0.488 e. The lowest BCUT2D eigenvalue weighted by Crippen LogP contribution is -2.02. The van der Waals surface area contributed by atoms with E-state index in [1.807, 2.05) is 54.6 Å². The van der Waals surface area contributed by atoms with Gasteiger partial charge in [-0.05, 0) is 95.0 Å². The number of aromatic nitrogens is 2. The Labute approximate surface area is 240 Å². The molecule has 0 saturated carbocycles. The number of nitrogens with zero attached hydrogens (tertiary/aromatic N) is 2. The van der Waals surface area contributed by atoms with Gasteiger partial charge in [-0.2, -0.15) is 0 Å². The number of sulfone groups is 1. The Hall–Kier alpha value is -3.76. The second-order valence-corrected chi connectivity index (χ2v) is 12.6. The molecule has 0 radical (unpaired) electrons. The van der Waals surface area contributed by atoms with Crippen molar-refractivity contribution in [3.8, 4) is 17.1 Å². The lowest BCUT2D eigenvalue weighted by molar-refractivity contribution is 0.303. The fourth-order valence-electron chi connectivity index (χ4n) is 4.26. The van der Waals surface area contributed by atoms with E-state index in [1.54, 1.807) is 6.07 Å². The number of benzene rings is 3. The summed E-state index contributed by atoms with van der Waals surface area (Å²) in [4.78, 5) is 8.86. The average molecular weight is 625 g/mol. The number of rotatable bonds is 11. The van der Waals surface area contributed by atoms with Crippen molar-refractivity contribution in [1.82, 2.24) is 9.97 Å². The summed E-state index contributed by atoms with van der Waals surface area (Å²) in [5, 5.41) is 4.19. The predicted molar refractivity (Wildman–Crippen MR) is 158 cm³/mol. The monoisotopic (exact) mass is 623 g/mol. The van der Waals surface area contributed by atoms with Crippen LogP contribution in [0.2, 0.25) is 0 Å². The zero-order valence-corrected chi connectivity index (χ0v) is 24.1. The number of ether oxygens (including phenoxy) is 1. The van der Waals surface area contributed by atoms with Crippen molar-refractivity contribution in [3.05, 3.63) is 101 Å². The minimum absolute atomic E-state index is 0.183. The van der Waals surface area contributed by atoms with Crippen LogP contribution in [-0.2, 0) is 22.9 Å². The molecule has 40 heavy (non-hydrogen) atoms. The Morgan fingerprint density at radius 1 is 1.00 bits per heavy atom. The van der Waals surface area contributed by atoms with Gasteiger partial charge in [0.1, 0.15) is 51.7 Å². The van der Waals surface area contributed by atoms with Crippen molar-refractivity contribution in [2.24, 2.45) is 0 Å². The Morgan fingerprint density at radius 2 is 1.88 bits per heavy atom. The van der Waals surface area contributed by atoms with E-state index in [4.69, 9.17) is 9.15 Å². The molecule has 206 valence electrons. The van der Waals surface area contributed by atoms with Crippen LogP contribution < -0.4 is 10.1 Å². The molecule has 0 atom stereocenters. The second-order valence-electron chi connectivity index (χ2n) is 9.50. The maximum Gasteiger partial charge on any atom is 0.147 e. The van der Waals surface area contributed by atoms with E-state index < -0.39 is 9.84 Å². The van der Waals surface area contributed by atoms with Crippen LogP contribution in [0.5, 0.6) is 5.75 Å². The second kappa shape index (κ2) is 12.2. The molecule has 0 saturated heterocycles. The summed E-state index contributed by atoms with van der Waals surface area (Å²) < 4.78 is 48.8. The Kier molecular flexibility index (Phi) is 8.46. The van der Waals surface area contributed by atoms with Crippen molar-refractivity contribution in [3.63, 3.8) is 0 Å². The van der Waals surface area contributed by atoms with E-state index in [0.29, 0.717) is 24.4 Å². The van der Waals surface area contributed by atoms with Crippen LogP contribution in [0.1, 0.15) is 24.2 Å². The molecule has 5 rings (SSSR count). The molecule has 7 nitrogen and oxygen atoms in total. The first kappa shape index (κ1) is 27.8. The number of anilines is 2.